The van der Waals surface area contributed by atoms with Crippen molar-refractivity contribution in [2.75, 3.05) is 18.4 Å². The van der Waals surface area contributed by atoms with E-state index in [1.807, 2.05) is 19.9 Å². The van der Waals surface area contributed by atoms with Crippen molar-refractivity contribution in [2.45, 2.75) is 51.0 Å². The molecular weight excluding hydrogens is 376 g/mol. The molecule has 1 saturated heterocycles. The maximum absolute atomic E-state index is 12.8. The lowest BCUT2D eigenvalue weighted by Gasteiger charge is -2.29. The molecule has 1 atom stereocenters. The second kappa shape index (κ2) is 8.33. The van der Waals surface area contributed by atoms with E-state index >= 15 is 0 Å². The van der Waals surface area contributed by atoms with E-state index in [-0.39, 0.29) is 22.5 Å². The maximum Gasteiger partial charge on any atom is 0.243 e. The van der Waals surface area contributed by atoms with Gasteiger partial charge in [-0.15, -0.1) is 0 Å². The molecule has 0 radical (unpaired) electrons. The summed E-state index contributed by atoms with van der Waals surface area (Å²) in [6.07, 6.45) is 2.65. The van der Waals surface area contributed by atoms with Crippen LogP contribution in [-0.2, 0) is 10.0 Å². The summed E-state index contributed by atoms with van der Waals surface area (Å²) in [7, 11) is -3.49. The fourth-order valence-corrected chi connectivity index (χ4v) is 4.56. The average Bonchev–Trinajstić information content (AvgIpc) is 3.11. The fourth-order valence-electron chi connectivity index (χ4n) is 3.09. The Kier molecular flexibility index (Phi) is 6.06. The summed E-state index contributed by atoms with van der Waals surface area (Å²) in [6, 6.07) is 8.65. The van der Waals surface area contributed by atoms with Gasteiger partial charge in [-0.2, -0.15) is 14.6 Å². The van der Waals surface area contributed by atoms with Crippen molar-refractivity contribution in [2.24, 2.45) is 5.92 Å². The van der Waals surface area contributed by atoms with Crippen LogP contribution in [0.1, 0.15) is 45.7 Å². The third-order valence-corrected chi connectivity index (χ3v) is 7.12. The summed E-state index contributed by atoms with van der Waals surface area (Å²) in [5.74, 6) is 1.19. The molecule has 1 aliphatic rings. The molecule has 8 heteroatoms. The minimum absolute atomic E-state index is 0.146. The van der Waals surface area contributed by atoms with Gasteiger partial charge in [-0.3, -0.25) is 0 Å². The topological polar surface area (TPSA) is 99.2 Å². The van der Waals surface area contributed by atoms with Gasteiger partial charge in [-0.1, -0.05) is 13.8 Å². The maximum atomic E-state index is 12.8. The Morgan fingerprint density at radius 1 is 1.32 bits per heavy atom. The van der Waals surface area contributed by atoms with Crippen molar-refractivity contribution in [1.82, 2.24) is 9.29 Å². The zero-order valence-corrected chi connectivity index (χ0v) is 17.3. The van der Waals surface area contributed by atoms with E-state index in [1.165, 1.54) is 0 Å². The Labute approximate surface area is 166 Å². The molecule has 1 aromatic carbocycles. The molecule has 1 aromatic heterocycles. The number of anilines is 1. The molecule has 3 rings (SSSR count). The summed E-state index contributed by atoms with van der Waals surface area (Å²) in [6.45, 7) is 7.28. The third-order valence-electron chi connectivity index (χ3n) is 5.20. The second-order valence-corrected chi connectivity index (χ2v) is 9.31. The molecule has 0 amide bonds. The number of aromatic nitrogens is 1. The van der Waals surface area contributed by atoms with E-state index < -0.39 is 10.0 Å². The fraction of sp³-hybridized carbons (Fsp3) is 0.500. The Morgan fingerprint density at radius 3 is 2.54 bits per heavy atom. The highest BCUT2D eigenvalue weighted by Crippen LogP contribution is 2.28. The largest absolute Gasteiger partial charge is 0.419 e. The van der Waals surface area contributed by atoms with Crippen molar-refractivity contribution >= 4 is 15.9 Å². The van der Waals surface area contributed by atoms with Gasteiger partial charge in [-0.25, -0.2) is 8.42 Å². The zero-order valence-electron chi connectivity index (χ0n) is 16.5. The lowest BCUT2D eigenvalue weighted by Crippen LogP contribution is -2.37. The molecule has 0 aliphatic carbocycles. The van der Waals surface area contributed by atoms with Gasteiger partial charge < -0.3 is 9.73 Å². The Hall–Kier alpha value is -2.37. The summed E-state index contributed by atoms with van der Waals surface area (Å²) >= 11 is 0. The SMILES string of the molecule is CC[C@@H](C)Nc1oc(-c2ccc(S(=O)(=O)N3CCC(C)CC3)cc2)nc1C#N. The van der Waals surface area contributed by atoms with E-state index in [2.05, 4.69) is 17.2 Å². The Bertz CT molecular complexity index is 952. The van der Waals surface area contributed by atoms with Crippen LogP contribution in [0.3, 0.4) is 0 Å². The minimum atomic E-state index is -3.49. The van der Waals surface area contributed by atoms with Crippen LogP contribution >= 0.6 is 0 Å². The first-order chi connectivity index (χ1) is 13.3. The van der Waals surface area contributed by atoms with Crippen molar-refractivity contribution < 1.29 is 12.8 Å². The second-order valence-electron chi connectivity index (χ2n) is 7.37. The number of nitrogens with zero attached hydrogens (tertiary/aromatic N) is 3. The van der Waals surface area contributed by atoms with Crippen LogP contribution in [0.5, 0.6) is 0 Å². The van der Waals surface area contributed by atoms with E-state index in [1.54, 1.807) is 28.6 Å². The van der Waals surface area contributed by atoms with E-state index in [0.717, 1.165) is 19.3 Å². The van der Waals surface area contributed by atoms with Gasteiger partial charge in [0.05, 0.1) is 4.90 Å². The lowest BCUT2D eigenvalue weighted by molar-refractivity contribution is 0.288. The van der Waals surface area contributed by atoms with Crippen molar-refractivity contribution in [3.05, 3.63) is 30.0 Å². The van der Waals surface area contributed by atoms with Gasteiger partial charge in [0.2, 0.25) is 27.5 Å². The van der Waals surface area contributed by atoms with Gasteiger partial charge in [-0.05, 0) is 56.4 Å². The molecule has 0 unspecified atom stereocenters. The highest BCUT2D eigenvalue weighted by Gasteiger charge is 2.28. The van der Waals surface area contributed by atoms with E-state index in [9.17, 15) is 13.7 Å². The quantitative estimate of drug-likeness (QED) is 0.788. The van der Waals surface area contributed by atoms with E-state index in [4.69, 9.17) is 4.42 Å². The van der Waals surface area contributed by atoms with Crippen LogP contribution in [0.25, 0.3) is 11.5 Å². The van der Waals surface area contributed by atoms with Gasteiger partial charge in [0.15, 0.2) is 0 Å². The Morgan fingerprint density at radius 2 is 1.96 bits per heavy atom. The number of piperidine rings is 1. The number of oxazole rings is 1. The highest BCUT2D eigenvalue weighted by molar-refractivity contribution is 7.89. The monoisotopic (exact) mass is 402 g/mol. The molecule has 0 saturated carbocycles. The number of benzene rings is 1. The number of nitriles is 1. The summed E-state index contributed by atoms with van der Waals surface area (Å²) < 4.78 is 32.9. The smallest absolute Gasteiger partial charge is 0.243 e. The highest BCUT2D eigenvalue weighted by atomic mass is 32.2. The zero-order chi connectivity index (χ0) is 20.3. The van der Waals surface area contributed by atoms with Gasteiger partial charge in [0.25, 0.3) is 0 Å². The van der Waals surface area contributed by atoms with Crippen LogP contribution in [-0.4, -0.2) is 36.8 Å². The summed E-state index contributed by atoms with van der Waals surface area (Å²) in [5.41, 5.74) is 0.814. The minimum Gasteiger partial charge on any atom is -0.419 e. The van der Waals surface area contributed by atoms with Gasteiger partial charge >= 0.3 is 0 Å². The predicted molar refractivity (Wildman–Crippen MR) is 107 cm³/mol. The van der Waals surface area contributed by atoms with Gasteiger partial charge in [0, 0.05) is 24.7 Å². The van der Waals surface area contributed by atoms with Gasteiger partial charge in [0.1, 0.15) is 6.07 Å². The number of nitrogens with one attached hydrogen (secondary N) is 1. The third kappa shape index (κ3) is 4.21. The van der Waals surface area contributed by atoms with Crippen LogP contribution in [0.2, 0.25) is 0 Å². The average molecular weight is 403 g/mol. The van der Waals surface area contributed by atoms with Crippen molar-refractivity contribution in [1.29, 1.82) is 5.26 Å². The molecular formula is C20H26N4O3S. The molecule has 2 heterocycles. The summed E-state index contributed by atoms with van der Waals surface area (Å²) in [5, 5.41) is 12.4. The summed E-state index contributed by atoms with van der Waals surface area (Å²) in [4.78, 5) is 4.49. The Balaban J connectivity index is 1.82. The number of rotatable bonds is 6. The number of hydrogen-bond donors (Lipinski definition) is 1. The standard InChI is InChI=1S/C20H26N4O3S/c1-4-15(3)22-20-18(13-21)23-19(27-20)16-5-7-17(8-6-16)28(25,26)24-11-9-14(2)10-12-24/h5-8,14-15,22H,4,9-12H2,1-3H3/t15-/m1/s1. The molecule has 150 valence electrons. The van der Waals surface area contributed by atoms with Crippen LogP contribution < -0.4 is 5.32 Å². The number of sulfonamides is 1. The first-order valence-electron chi connectivity index (χ1n) is 9.63. The normalized spacial score (nSPS) is 17.2. The molecule has 0 bridgehead atoms. The molecule has 7 nitrogen and oxygen atoms in total. The molecule has 2 aromatic rings. The van der Waals surface area contributed by atoms with Crippen molar-refractivity contribution in [3.63, 3.8) is 0 Å². The first kappa shape index (κ1) is 20.4. The lowest BCUT2D eigenvalue weighted by atomic mass is 10.0. The molecule has 1 N–H and O–H groups in total. The molecule has 28 heavy (non-hydrogen) atoms. The first-order valence-corrected chi connectivity index (χ1v) is 11.1. The molecule has 0 spiro atoms. The van der Waals surface area contributed by atoms with E-state index in [0.29, 0.717) is 30.5 Å². The number of hydrogen-bond acceptors (Lipinski definition) is 6. The van der Waals surface area contributed by atoms with Crippen molar-refractivity contribution in [3.8, 4) is 17.5 Å². The van der Waals surface area contributed by atoms with Crippen LogP contribution in [0.4, 0.5) is 5.88 Å². The molecule has 1 fully saturated rings. The van der Waals surface area contributed by atoms with Crippen LogP contribution in [0, 0.1) is 17.2 Å². The predicted octanol–water partition coefficient (Wildman–Crippen LogP) is 3.84. The van der Waals surface area contributed by atoms with Crippen LogP contribution in [0.15, 0.2) is 33.6 Å². The molecule has 1 aliphatic heterocycles.